The number of rotatable bonds is 10. The fourth-order valence-electron chi connectivity index (χ4n) is 5.06. The molecule has 2 heterocycles. The van der Waals surface area contributed by atoms with Crippen molar-refractivity contribution in [3.8, 4) is 22.3 Å². The summed E-state index contributed by atoms with van der Waals surface area (Å²) in [5, 5.41) is 5.15. The third-order valence-corrected chi connectivity index (χ3v) is 7.08. The molecule has 45 heavy (non-hydrogen) atoms. The van der Waals surface area contributed by atoms with E-state index < -0.39 is 48.4 Å². The molecule has 12 heteroatoms. The molecule has 0 aliphatic heterocycles. The molecular weight excluding hydrogens is 593 g/mol. The molecule has 230 valence electrons. The van der Waals surface area contributed by atoms with E-state index in [1.807, 2.05) is 0 Å². The van der Waals surface area contributed by atoms with Gasteiger partial charge < -0.3 is 10.6 Å². The first-order valence-electron chi connectivity index (χ1n) is 13.8. The summed E-state index contributed by atoms with van der Waals surface area (Å²) in [6.45, 7) is -3.47. The van der Waals surface area contributed by atoms with Crippen molar-refractivity contribution >= 4 is 11.8 Å². The van der Waals surface area contributed by atoms with Crippen molar-refractivity contribution in [3.05, 3.63) is 132 Å². The van der Waals surface area contributed by atoms with E-state index in [0.29, 0.717) is 33.0 Å². The van der Waals surface area contributed by atoms with Crippen molar-refractivity contribution < 1.29 is 36.2 Å². The van der Waals surface area contributed by atoms with Crippen LogP contribution in [0, 0.1) is 17.5 Å². The second-order valence-electron chi connectivity index (χ2n) is 10.1. The van der Waals surface area contributed by atoms with E-state index in [1.165, 1.54) is 37.8 Å². The van der Waals surface area contributed by atoms with Gasteiger partial charge in [0.25, 0.3) is 11.8 Å². The molecule has 0 aliphatic rings. The molecule has 0 fully saturated rings. The Kier molecular flexibility index (Phi) is 9.31. The fourth-order valence-corrected chi connectivity index (χ4v) is 5.06. The number of halogens is 5. The highest BCUT2D eigenvalue weighted by Crippen LogP contribution is 2.30. The Morgan fingerprint density at radius 3 is 2.31 bits per heavy atom. The van der Waals surface area contributed by atoms with Crippen molar-refractivity contribution in [2.75, 3.05) is 7.05 Å². The van der Waals surface area contributed by atoms with Crippen LogP contribution in [-0.4, -0.2) is 28.5 Å². The number of pyridine rings is 1. The van der Waals surface area contributed by atoms with Crippen LogP contribution in [0.25, 0.3) is 22.3 Å². The van der Waals surface area contributed by atoms with Gasteiger partial charge in [0.1, 0.15) is 17.5 Å². The monoisotopic (exact) mass is 620 g/mol. The molecule has 5 rings (SSSR count). The highest BCUT2D eigenvalue weighted by Gasteiger charge is 2.27. The number of hydrogen-bond donors (Lipinski definition) is 2. The molecule has 2 aromatic heterocycles. The number of nitrogens with zero attached hydrogens (tertiary/aromatic N) is 3. The van der Waals surface area contributed by atoms with E-state index in [4.69, 9.17) is 0 Å². The Hall–Kier alpha value is -5.39. The number of benzene rings is 3. The van der Waals surface area contributed by atoms with Gasteiger partial charge in [-0.25, -0.2) is 13.2 Å². The van der Waals surface area contributed by atoms with Gasteiger partial charge in [0, 0.05) is 24.9 Å². The van der Waals surface area contributed by atoms with Gasteiger partial charge >= 0.3 is 6.55 Å². The van der Waals surface area contributed by atoms with E-state index in [0.717, 1.165) is 22.9 Å². The zero-order chi connectivity index (χ0) is 32.1. The molecule has 0 unspecified atom stereocenters. The van der Waals surface area contributed by atoms with Crippen molar-refractivity contribution in [2.45, 2.75) is 25.6 Å². The van der Waals surface area contributed by atoms with E-state index in [1.54, 1.807) is 42.5 Å². The number of carbonyl (C=O) groups is 2. The van der Waals surface area contributed by atoms with E-state index >= 15 is 0 Å². The van der Waals surface area contributed by atoms with Gasteiger partial charge in [-0.3, -0.25) is 14.6 Å². The van der Waals surface area contributed by atoms with Crippen LogP contribution >= 0.6 is 0 Å². The Morgan fingerprint density at radius 1 is 0.889 bits per heavy atom. The maximum atomic E-state index is 14.5. The predicted octanol–water partition coefficient (Wildman–Crippen LogP) is 5.78. The molecular formula is C33H27F5N5O2+. The van der Waals surface area contributed by atoms with Crippen molar-refractivity contribution in [1.82, 2.24) is 20.3 Å². The largest absolute Gasteiger partial charge is 0.363 e. The van der Waals surface area contributed by atoms with Crippen LogP contribution in [0.5, 0.6) is 0 Å². The number of nitrogens with one attached hydrogen (secondary N) is 2. The molecule has 7 nitrogen and oxygen atoms in total. The van der Waals surface area contributed by atoms with Crippen LogP contribution in [0.2, 0.25) is 0 Å². The summed E-state index contributed by atoms with van der Waals surface area (Å²) in [6, 6.07) is 17.8. The minimum atomic E-state index is -2.95. The van der Waals surface area contributed by atoms with Gasteiger partial charge in [0.15, 0.2) is 0 Å². The first-order chi connectivity index (χ1) is 21.6. The molecule has 0 aliphatic carbocycles. The average Bonchev–Trinajstić information content (AvgIpc) is 3.44. The minimum absolute atomic E-state index is 0.135. The van der Waals surface area contributed by atoms with Crippen molar-refractivity contribution in [3.63, 3.8) is 0 Å². The fraction of sp³-hybridized carbons (Fsp3) is 0.152. The summed E-state index contributed by atoms with van der Waals surface area (Å²) in [6.07, 6.45) is 3.96. The zero-order valence-electron chi connectivity index (χ0n) is 23.9. The normalized spacial score (nSPS) is 11.8. The van der Waals surface area contributed by atoms with Crippen molar-refractivity contribution in [1.29, 1.82) is 0 Å². The summed E-state index contributed by atoms with van der Waals surface area (Å²) < 4.78 is 72.3. The van der Waals surface area contributed by atoms with E-state index in [-0.39, 0.29) is 23.2 Å². The van der Waals surface area contributed by atoms with Crippen LogP contribution in [0.1, 0.15) is 34.2 Å². The Balaban J connectivity index is 1.52. The molecule has 0 spiro atoms. The molecule has 2 N–H and O–H groups in total. The Morgan fingerprint density at radius 2 is 1.62 bits per heavy atom. The van der Waals surface area contributed by atoms with Gasteiger partial charge in [-0.2, -0.15) is 8.78 Å². The van der Waals surface area contributed by atoms with Crippen LogP contribution in [0.15, 0.2) is 97.5 Å². The lowest BCUT2D eigenvalue weighted by molar-refractivity contribution is -0.772. The van der Waals surface area contributed by atoms with Gasteiger partial charge in [-0.15, -0.1) is 0 Å². The standard InChI is InChI=1S/C33H26F5N5O2/c1-39-32(45)27-15-22(9-10-28(27)36)26-8-5-11-40-31(26)29(14-20-12-24(34)16-25(35)13-20)41-30(44)19-42-17-23(18-43(42)33(37)38)21-6-3-2-4-7-21/h2-13,15-18,29,33H,14,19H2,1H3,(H-,39,41,44,45)/p+1/t29-/m0/s1. The summed E-state index contributed by atoms with van der Waals surface area (Å²) in [5.41, 5.74) is 2.13. The summed E-state index contributed by atoms with van der Waals surface area (Å²) in [7, 11) is 1.36. The maximum absolute atomic E-state index is 14.5. The molecule has 0 radical (unpaired) electrons. The second kappa shape index (κ2) is 13.5. The van der Waals surface area contributed by atoms with Gasteiger partial charge in [-0.05, 0) is 53.4 Å². The Bertz CT molecular complexity index is 1820. The third-order valence-electron chi connectivity index (χ3n) is 7.08. The molecule has 2 amide bonds. The predicted molar refractivity (Wildman–Crippen MR) is 155 cm³/mol. The smallest absolute Gasteiger partial charge is 0.355 e. The zero-order valence-corrected chi connectivity index (χ0v) is 23.9. The van der Waals surface area contributed by atoms with Crippen LogP contribution in [-0.2, 0) is 17.8 Å². The van der Waals surface area contributed by atoms with Crippen molar-refractivity contribution in [2.24, 2.45) is 0 Å². The quantitative estimate of drug-likeness (QED) is 0.154. The van der Waals surface area contributed by atoms with Crippen LogP contribution in [0.3, 0.4) is 0 Å². The second-order valence-corrected chi connectivity index (χ2v) is 10.1. The Labute approximate surface area is 255 Å². The van der Waals surface area contributed by atoms with E-state index in [9.17, 15) is 31.5 Å². The average molecular weight is 621 g/mol. The van der Waals surface area contributed by atoms with Crippen LogP contribution in [0.4, 0.5) is 22.0 Å². The molecule has 0 bridgehead atoms. The number of hydrogen-bond acceptors (Lipinski definition) is 3. The molecule has 5 aromatic rings. The third kappa shape index (κ3) is 7.23. The maximum Gasteiger partial charge on any atom is 0.363 e. The van der Waals surface area contributed by atoms with E-state index in [2.05, 4.69) is 15.6 Å². The topological polar surface area (TPSA) is 79.9 Å². The first-order valence-corrected chi connectivity index (χ1v) is 13.8. The van der Waals surface area contributed by atoms with Gasteiger partial charge in [0.05, 0.1) is 29.1 Å². The minimum Gasteiger partial charge on any atom is -0.355 e. The molecule has 0 saturated carbocycles. The highest BCUT2D eigenvalue weighted by atomic mass is 19.3. The lowest BCUT2D eigenvalue weighted by Gasteiger charge is -2.21. The lowest BCUT2D eigenvalue weighted by Crippen LogP contribution is -2.49. The number of carbonyl (C=O) groups excluding carboxylic acids is 2. The van der Waals surface area contributed by atoms with Crippen LogP contribution < -0.4 is 15.3 Å². The number of alkyl halides is 2. The summed E-state index contributed by atoms with van der Waals surface area (Å²) in [4.78, 5) is 30.2. The summed E-state index contributed by atoms with van der Waals surface area (Å²) >= 11 is 0. The van der Waals surface area contributed by atoms with Gasteiger partial charge in [-0.1, -0.05) is 51.8 Å². The molecule has 3 aromatic carbocycles. The molecule has 0 saturated heterocycles. The number of aromatic nitrogens is 3. The summed E-state index contributed by atoms with van der Waals surface area (Å²) in [5.74, 6) is -3.76. The van der Waals surface area contributed by atoms with Gasteiger partial charge in [0.2, 0.25) is 12.7 Å². The lowest BCUT2D eigenvalue weighted by atomic mass is 9.94. The first kappa shape index (κ1) is 31.0. The number of amides is 2. The highest BCUT2D eigenvalue weighted by molar-refractivity contribution is 5.95. The molecule has 1 atom stereocenters. The SMILES string of the molecule is CNC(=O)c1cc(-c2cccnc2[C@H](Cc2cc(F)cc(F)c2)NC(=O)C[n+]2cc(-c3ccccc3)cn2C(F)F)ccc1F.